The van der Waals surface area contributed by atoms with E-state index in [-0.39, 0.29) is 0 Å². The van der Waals surface area contributed by atoms with E-state index >= 15 is 0 Å². The molecule has 3 rings (SSSR count). The third kappa shape index (κ3) is 4.27. The van der Waals surface area contributed by atoms with Crippen LogP contribution in [-0.2, 0) is 0 Å². The summed E-state index contributed by atoms with van der Waals surface area (Å²) in [7, 11) is 3.10. The molecule has 5 nitrogen and oxygen atoms in total. The topological polar surface area (TPSA) is 55.7 Å². The van der Waals surface area contributed by atoms with E-state index in [0.717, 1.165) is 16.8 Å². The maximum Gasteiger partial charge on any atom is 0.203 e. The first-order valence-electron chi connectivity index (χ1n) is 7.52. The van der Waals surface area contributed by atoms with E-state index in [1.54, 1.807) is 32.6 Å². The van der Waals surface area contributed by atoms with Gasteiger partial charge in [0.25, 0.3) is 0 Å². The lowest BCUT2D eigenvalue weighted by Crippen LogP contribution is -1.95. The lowest BCUT2D eigenvalue weighted by molar-refractivity contribution is 0.355. The van der Waals surface area contributed by atoms with E-state index in [9.17, 15) is 0 Å². The van der Waals surface area contributed by atoms with Gasteiger partial charge in [-0.25, -0.2) is 4.98 Å². The number of methoxy groups -OCH3 is 2. The number of nitrogens with zero attached hydrogens (tertiary/aromatic N) is 2. The van der Waals surface area contributed by atoms with Crippen molar-refractivity contribution in [3.63, 3.8) is 0 Å². The van der Waals surface area contributed by atoms with Gasteiger partial charge < -0.3 is 9.47 Å². The number of benzene rings is 2. The van der Waals surface area contributed by atoms with Gasteiger partial charge >= 0.3 is 0 Å². The Morgan fingerprint density at radius 2 is 1.88 bits per heavy atom. The van der Waals surface area contributed by atoms with Crippen molar-refractivity contribution in [3.05, 3.63) is 57.4 Å². The summed E-state index contributed by atoms with van der Waals surface area (Å²) in [5.74, 6) is 1.03. The molecule has 0 saturated heterocycles. The third-order valence-corrected chi connectivity index (χ3v) is 4.75. The third-order valence-electron chi connectivity index (χ3n) is 3.47. The second-order valence-electron chi connectivity index (χ2n) is 5.15. The highest BCUT2D eigenvalue weighted by Crippen LogP contribution is 2.35. The van der Waals surface area contributed by atoms with E-state index in [4.69, 9.17) is 32.7 Å². The molecule has 1 N–H and O–H groups in total. The van der Waals surface area contributed by atoms with Crippen LogP contribution in [0.1, 0.15) is 5.56 Å². The summed E-state index contributed by atoms with van der Waals surface area (Å²) in [5.41, 5.74) is 5.54. The Kier molecular flexibility index (Phi) is 5.98. The molecule has 0 fully saturated rings. The molecule has 0 amide bonds. The van der Waals surface area contributed by atoms with E-state index in [0.29, 0.717) is 26.7 Å². The van der Waals surface area contributed by atoms with E-state index in [1.165, 1.54) is 11.3 Å². The van der Waals surface area contributed by atoms with Gasteiger partial charge in [-0.1, -0.05) is 35.3 Å². The molecule has 0 saturated carbocycles. The van der Waals surface area contributed by atoms with Crippen LogP contribution in [-0.4, -0.2) is 25.4 Å². The van der Waals surface area contributed by atoms with Gasteiger partial charge in [-0.3, -0.25) is 5.43 Å². The standard InChI is InChI=1S/C18H15Cl2N3O2S/c1-24-16-8-11(7-14(20)17(16)25-2)9-21-23-18-22-15(10-26-18)12-3-5-13(19)6-4-12/h3-10H,1-2H3,(H,22,23)/b21-9-. The Balaban J connectivity index is 1.71. The molecule has 0 atom stereocenters. The Morgan fingerprint density at radius 1 is 1.12 bits per heavy atom. The van der Waals surface area contributed by atoms with Crippen LogP contribution in [0.5, 0.6) is 11.5 Å². The summed E-state index contributed by atoms with van der Waals surface area (Å²) >= 11 is 13.6. The molecule has 3 aromatic rings. The smallest absolute Gasteiger partial charge is 0.203 e. The number of hydrogen-bond donors (Lipinski definition) is 1. The number of anilines is 1. The van der Waals surface area contributed by atoms with Crippen molar-refractivity contribution in [1.29, 1.82) is 0 Å². The number of aromatic nitrogens is 1. The zero-order valence-corrected chi connectivity index (χ0v) is 16.3. The summed E-state index contributed by atoms with van der Waals surface area (Å²) in [6.07, 6.45) is 1.64. The SMILES string of the molecule is COc1cc(/C=N\Nc2nc(-c3ccc(Cl)cc3)cs2)cc(Cl)c1OC. The molecule has 134 valence electrons. The molecule has 8 heteroatoms. The van der Waals surface area contributed by atoms with Crippen molar-refractivity contribution in [1.82, 2.24) is 4.98 Å². The van der Waals surface area contributed by atoms with Gasteiger partial charge in [0.05, 0.1) is 31.2 Å². The largest absolute Gasteiger partial charge is 0.493 e. The van der Waals surface area contributed by atoms with Crippen LogP contribution in [0.3, 0.4) is 0 Å². The number of halogens is 2. The summed E-state index contributed by atoms with van der Waals surface area (Å²) < 4.78 is 10.5. The molecule has 0 aliphatic rings. The Labute approximate surface area is 165 Å². The van der Waals surface area contributed by atoms with Crippen LogP contribution >= 0.6 is 34.5 Å². The molecule has 0 spiro atoms. The van der Waals surface area contributed by atoms with Crippen molar-refractivity contribution in [2.45, 2.75) is 0 Å². The number of ether oxygens (including phenoxy) is 2. The van der Waals surface area contributed by atoms with Crippen LogP contribution in [0.2, 0.25) is 10.0 Å². The summed E-state index contributed by atoms with van der Waals surface area (Å²) in [6.45, 7) is 0. The number of thiazole rings is 1. The summed E-state index contributed by atoms with van der Waals surface area (Å²) in [5, 5.41) is 7.98. The molecule has 0 aliphatic carbocycles. The van der Waals surface area contributed by atoms with E-state index < -0.39 is 0 Å². The van der Waals surface area contributed by atoms with Gasteiger partial charge in [-0.2, -0.15) is 5.10 Å². The number of nitrogens with one attached hydrogen (secondary N) is 1. The van der Waals surface area contributed by atoms with Crippen LogP contribution < -0.4 is 14.9 Å². The minimum Gasteiger partial charge on any atom is -0.493 e. The van der Waals surface area contributed by atoms with Crippen LogP contribution in [0.25, 0.3) is 11.3 Å². The van der Waals surface area contributed by atoms with Gasteiger partial charge in [-0.05, 0) is 29.8 Å². The van der Waals surface area contributed by atoms with Crippen molar-refractivity contribution >= 4 is 45.9 Å². The normalized spacial score (nSPS) is 10.9. The van der Waals surface area contributed by atoms with Gasteiger partial charge in [0.2, 0.25) is 5.13 Å². The van der Waals surface area contributed by atoms with Crippen molar-refractivity contribution < 1.29 is 9.47 Å². The first-order valence-corrected chi connectivity index (χ1v) is 9.16. The van der Waals surface area contributed by atoms with E-state index in [1.807, 2.05) is 29.6 Å². The molecular formula is C18H15Cl2N3O2S. The maximum atomic E-state index is 6.18. The number of hydrogen-bond acceptors (Lipinski definition) is 6. The minimum atomic E-state index is 0.451. The highest BCUT2D eigenvalue weighted by molar-refractivity contribution is 7.14. The van der Waals surface area contributed by atoms with Crippen LogP contribution in [0.4, 0.5) is 5.13 Å². The van der Waals surface area contributed by atoms with Crippen LogP contribution in [0.15, 0.2) is 46.9 Å². The van der Waals surface area contributed by atoms with Crippen molar-refractivity contribution in [2.75, 3.05) is 19.6 Å². The average Bonchev–Trinajstić information content (AvgIpc) is 3.10. The van der Waals surface area contributed by atoms with Gasteiger partial charge in [-0.15, -0.1) is 11.3 Å². The second-order valence-corrected chi connectivity index (χ2v) is 6.85. The molecule has 0 aliphatic heterocycles. The molecule has 0 bridgehead atoms. The minimum absolute atomic E-state index is 0.451. The fourth-order valence-electron chi connectivity index (χ4n) is 2.25. The summed E-state index contributed by atoms with van der Waals surface area (Å²) in [4.78, 5) is 4.50. The molecule has 1 aromatic heterocycles. The zero-order valence-electron chi connectivity index (χ0n) is 14.0. The maximum absolute atomic E-state index is 6.18. The van der Waals surface area contributed by atoms with E-state index in [2.05, 4.69) is 15.5 Å². The van der Waals surface area contributed by atoms with Crippen molar-refractivity contribution in [3.8, 4) is 22.8 Å². The van der Waals surface area contributed by atoms with Gasteiger partial charge in [0.15, 0.2) is 11.5 Å². The molecule has 0 radical (unpaired) electrons. The van der Waals surface area contributed by atoms with Crippen molar-refractivity contribution in [2.24, 2.45) is 5.10 Å². The summed E-state index contributed by atoms with van der Waals surface area (Å²) in [6, 6.07) is 11.1. The predicted octanol–water partition coefficient (Wildman–Crippen LogP) is 5.58. The Bertz CT molecular complexity index is 927. The highest BCUT2D eigenvalue weighted by atomic mass is 35.5. The monoisotopic (exact) mass is 407 g/mol. The fourth-order valence-corrected chi connectivity index (χ4v) is 3.34. The van der Waals surface area contributed by atoms with Gasteiger partial charge in [0.1, 0.15) is 0 Å². The fraction of sp³-hybridized carbons (Fsp3) is 0.111. The zero-order chi connectivity index (χ0) is 18.5. The molecular weight excluding hydrogens is 393 g/mol. The lowest BCUT2D eigenvalue weighted by Gasteiger charge is -2.09. The van der Waals surface area contributed by atoms with Crippen LogP contribution in [0, 0.1) is 0 Å². The predicted molar refractivity (Wildman–Crippen MR) is 108 cm³/mol. The molecule has 26 heavy (non-hydrogen) atoms. The average molecular weight is 408 g/mol. The quantitative estimate of drug-likeness (QED) is 0.427. The number of rotatable bonds is 6. The lowest BCUT2D eigenvalue weighted by atomic mass is 10.2. The first-order chi connectivity index (χ1) is 12.6. The first kappa shape index (κ1) is 18.5. The molecule has 2 aromatic carbocycles. The second kappa shape index (κ2) is 8.40. The molecule has 0 unspecified atom stereocenters. The number of hydrazone groups is 1. The molecule has 1 heterocycles. The van der Waals surface area contributed by atoms with Gasteiger partial charge in [0, 0.05) is 16.0 Å². The highest BCUT2D eigenvalue weighted by Gasteiger charge is 2.10. The Morgan fingerprint density at radius 3 is 2.58 bits per heavy atom. The Hall–Kier alpha value is -2.28.